The first-order valence-corrected chi connectivity index (χ1v) is 8.27. The number of fused-ring (bicyclic) bond motifs is 1. The molecule has 0 atom stereocenters. The van der Waals surface area contributed by atoms with E-state index >= 15 is 0 Å². The largest absolute Gasteiger partial charge is 0.487 e. The molecule has 116 valence electrons. The van der Waals surface area contributed by atoms with Gasteiger partial charge < -0.3 is 4.74 Å². The molecule has 0 aromatic heterocycles. The number of nitrogens with one attached hydrogen (secondary N) is 1. The fourth-order valence-corrected chi connectivity index (χ4v) is 4.32. The van der Waals surface area contributed by atoms with Gasteiger partial charge in [0.05, 0.1) is 11.2 Å². The van der Waals surface area contributed by atoms with E-state index in [1.807, 2.05) is 27.7 Å². The Balaban J connectivity index is 2.79. The van der Waals surface area contributed by atoms with Gasteiger partial charge >= 0.3 is 0 Å². The lowest BCUT2D eigenvalue weighted by atomic mass is 9.94. The number of sulfonamides is 1. The Hall–Kier alpha value is -1.56. The normalized spacial score (nSPS) is 16.3. The first-order chi connectivity index (χ1) is 9.53. The molecule has 1 aromatic rings. The molecule has 1 aromatic carbocycles. The lowest BCUT2D eigenvalue weighted by Gasteiger charge is -2.21. The van der Waals surface area contributed by atoms with E-state index in [2.05, 4.69) is 0 Å². The molecule has 0 saturated carbocycles. The number of hydrogen-bond acceptors (Lipinski definition) is 4. The number of rotatable bonds is 3. The van der Waals surface area contributed by atoms with Gasteiger partial charge in [-0.25, -0.2) is 8.42 Å². The Morgan fingerprint density at radius 1 is 1.19 bits per heavy atom. The van der Waals surface area contributed by atoms with Crippen molar-refractivity contribution in [2.75, 3.05) is 7.05 Å². The second-order valence-electron chi connectivity index (χ2n) is 6.20. The second-order valence-corrected chi connectivity index (χ2v) is 8.14. The van der Waals surface area contributed by atoms with Crippen molar-refractivity contribution in [3.05, 3.63) is 22.3 Å². The van der Waals surface area contributed by atoms with Crippen LogP contribution in [-0.4, -0.2) is 31.7 Å². The zero-order chi connectivity index (χ0) is 16.2. The number of hydrogen-bond donors (Lipinski definition) is 1. The molecule has 1 aliphatic heterocycles. The summed E-state index contributed by atoms with van der Waals surface area (Å²) in [5.41, 5.74) is 2.92. The van der Waals surface area contributed by atoms with Crippen LogP contribution >= 0.6 is 0 Å². The van der Waals surface area contributed by atoms with Crippen molar-refractivity contribution >= 4 is 16.4 Å². The Labute approximate surface area is 126 Å². The first-order valence-electron chi connectivity index (χ1n) is 6.83. The highest BCUT2D eigenvalue weighted by molar-refractivity contribution is 7.89. The monoisotopic (exact) mass is 310 g/mol. The highest BCUT2D eigenvalue weighted by Crippen LogP contribution is 2.44. The van der Waals surface area contributed by atoms with Crippen LogP contribution in [-0.2, 0) is 16.4 Å². The number of nitrogens with zero attached hydrogens (tertiary/aromatic N) is 1. The molecule has 0 spiro atoms. The molecular formula is C15H22N2O3S. The summed E-state index contributed by atoms with van der Waals surface area (Å²) < 4.78 is 32.2. The van der Waals surface area contributed by atoms with E-state index in [9.17, 15) is 8.42 Å². The van der Waals surface area contributed by atoms with E-state index in [0.717, 1.165) is 33.1 Å². The predicted molar refractivity (Wildman–Crippen MR) is 82.8 cm³/mol. The van der Waals surface area contributed by atoms with E-state index < -0.39 is 10.0 Å². The Bertz CT molecular complexity index is 721. The fourth-order valence-electron chi connectivity index (χ4n) is 2.84. The summed E-state index contributed by atoms with van der Waals surface area (Å²) in [6.45, 7) is 9.50. The summed E-state index contributed by atoms with van der Waals surface area (Å²) in [6, 6.07) is 0. The summed E-state index contributed by atoms with van der Waals surface area (Å²) >= 11 is 0. The van der Waals surface area contributed by atoms with E-state index in [4.69, 9.17) is 10.1 Å². The van der Waals surface area contributed by atoms with Crippen molar-refractivity contribution in [2.45, 2.75) is 51.5 Å². The zero-order valence-corrected chi connectivity index (χ0v) is 14.2. The molecule has 0 amide bonds. The van der Waals surface area contributed by atoms with Gasteiger partial charge in [0.1, 0.15) is 11.4 Å². The van der Waals surface area contributed by atoms with E-state index in [1.165, 1.54) is 7.05 Å². The predicted octanol–water partition coefficient (Wildman–Crippen LogP) is 2.55. The van der Waals surface area contributed by atoms with Crippen LogP contribution < -0.4 is 4.74 Å². The highest BCUT2D eigenvalue weighted by atomic mass is 32.2. The van der Waals surface area contributed by atoms with Gasteiger partial charge in [-0.2, -0.15) is 0 Å². The van der Waals surface area contributed by atoms with Crippen molar-refractivity contribution < 1.29 is 13.2 Å². The third kappa shape index (κ3) is 2.31. The highest BCUT2D eigenvalue weighted by Gasteiger charge is 2.37. The first kappa shape index (κ1) is 15.8. The molecule has 2 rings (SSSR count). The summed E-state index contributed by atoms with van der Waals surface area (Å²) in [5.74, 6) is 0.812. The van der Waals surface area contributed by atoms with E-state index in [-0.39, 0.29) is 5.60 Å². The van der Waals surface area contributed by atoms with Crippen LogP contribution in [0.1, 0.15) is 36.1 Å². The summed E-state index contributed by atoms with van der Waals surface area (Å²) in [5, 5.41) is 7.22. The van der Waals surface area contributed by atoms with Gasteiger partial charge in [-0.1, -0.05) is 0 Å². The molecule has 1 N–H and O–H groups in total. The van der Waals surface area contributed by atoms with Gasteiger partial charge in [0.2, 0.25) is 0 Å². The van der Waals surface area contributed by atoms with Gasteiger partial charge in [0.25, 0.3) is 10.0 Å². The summed E-state index contributed by atoms with van der Waals surface area (Å²) in [4.78, 5) is 0.297. The van der Waals surface area contributed by atoms with E-state index in [0.29, 0.717) is 16.9 Å². The molecule has 1 heterocycles. The molecule has 0 radical (unpaired) electrons. The molecule has 6 heteroatoms. The van der Waals surface area contributed by atoms with Crippen molar-refractivity contribution in [2.24, 2.45) is 0 Å². The van der Waals surface area contributed by atoms with Crippen LogP contribution in [0.15, 0.2) is 4.90 Å². The maximum Gasteiger partial charge on any atom is 0.265 e. The van der Waals surface area contributed by atoms with Gasteiger partial charge in [0, 0.05) is 19.0 Å². The van der Waals surface area contributed by atoms with Gasteiger partial charge in [-0.3, -0.25) is 9.71 Å². The van der Waals surface area contributed by atoms with Crippen molar-refractivity contribution in [1.82, 2.24) is 4.31 Å². The third-order valence-corrected chi connectivity index (χ3v) is 6.10. The summed E-state index contributed by atoms with van der Waals surface area (Å²) in [7, 11) is -2.32. The molecule has 0 aliphatic carbocycles. The summed E-state index contributed by atoms with van der Waals surface area (Å²) in [6.07, 6.45) is 1.50. The molecule has 21 heavy (non-hydrogen) atoms. The van der Waals surface area contributed by atoms with Gasteiger partial charge in [0.15, 0.2) is 0 Å². The van der Waals surface area contributed by atoms with E-state index in [1.54, 1.807) is 6.92 Å². The van der Waals surface area contributed by atoms with Crippen molar-refractivity contribution in [1.29, 1.82) is 5.41 Å². The topological polar surface area (TPSA) is 70.5 Å². The van der Waals surface area contributed by atoms with Gasteiger partial charge in [-0.05, 0) is 51.3 Å². The van der Waals surface area contributed by atoms with Crippen LogP contribution in [0.5, 0.6) is 5.75 Å². The second kappa shape index (κ2) is 4.73. The van der Waals surface area contributed by atoms with Crippen LogP contribution in [0.25, 0.3) is 0 Å². The van der Waals surface area contributed by atoms with Crippen LogP contribution in [0.3, 0.4) is 0 Å². The zero-order valence-electron chi connectivity index (χ0n) is 13.4. The third-order valence-electron chi connectivity index (χ3n) is 4.11. The number of benzene rings is 1. The smallest absolute Gasteiger partial charge is 0.265 e. The molecule has 5 nitrogen and oxygen atoms in total. The molecule has 0 bridgehead atoms. The number of ether oxygens (including phenoxy) is 1. The van der Waals surface area contributed by atoms with Crippen LogP contribution in [0, 0.1) is 26.2 Å². The maximum absolute atomic E-state index is 12.7. The lowest BCUT2D eigenvalue weighted by molar-refractivity contribution is 0.137. The minimum Gasteiger partial charge on any atom is -0.487 e. The molecule has 0 saturated heterocycles. The maximum atomic E-state index is 12.7. The Morgan fingerprint density at radius 3 is 2.29 bits per heavy atom. The minimum atomic E-state index is -3.70. The van der Waals surface area contributed by atoms with Crippen molar-refractivity contribution in [3.8, 4) is 5.75 Å². The molecule has 1 aliphatic rings. The average Bonchev–Trinajstić information content (AvgIpc) is 2.71. The average molecular weight is 310 g/mol. The standard InChI is InChI=1S/C15H22N2O3S/c1-9-10(2)14(21(18,19)17(6)8-16)11(3)12-7-15(4,5)20-13(9)12/h8,16H,7H2,1-6H3. The minimum absolute atomic E-state index is 0.297. The molecular weight excluding hydrogens is 288 g/mol. The van der Waals surface area contributed by atoms with Crippen molar-refractivity contribution in [3.63, 3.8) is 0 Å². The Morgan fingerprint density at radius 2 is 1.76 bits per heavy atom. The Kier molecular flexibility index (Phi) is 3.56. The fraction of sp³-hybridized carbons (Fsp3) is 0.533. The van der Waals surface area contributed by atoms with Gasteiger partial charge in [-0.15, -0.1) is 0 Å². The molecule has 0 unspecified atom stereocenters. The van der Waals surface area contributed by atoms with Crippen LogP contribution in [0.2, 0.25) is 0 Å². The molecule has 0 fully saturated rings. The quantitative estimate of drug-likeness (QED) is 0.689. The van der Waals surface area contributed by atoms with Crippen LogP contribution in [0.4, 0.5) is 0 Å². The SMILES string of the molecule is Cc1c(C)c(S(=O)(=O)N(C)C=N)c(C)c2c1OC(C)(C)C2. The lowest BCUT2D eigenvalue weighted by Crippen LogP contribution is -2.27.